The zero-order chi connectivity index (χ0) is 20.8. The second kappa shape index (κ2) is 13.9. The number of amides is 1. The number of hydrogen-bond donors (Lipinski definition) is 1. The summed E-state index contributed by atoms with van der Waals surface area (Å²) in [6.45, 7) is 7.18. The molecule has 1 rings (SSSR count). The van der Waals surface area contributed by atoms with E-state index in [1.165, 1.54) is 0 Å². The van der Waals surface area contributed by atoms with Gasteiger partial charge in [-0.15, -0.1) is 0 Å². The van der Waals surface area contributed by atoms with Crippen LogP contribution in [0.5, 0.6) is 0 Å². The summed E-state index contributed by atoms with van der Waals surface area (Å²) in [6, 6.07) is 0. The molecule has 162 valence electrons. The Morgan fingerprint density at radius 2 is 1.39 bits per heavy atom. The highest BCUT2D eigenvalue weighted by molar-refractivity contribution is 6.07. The fraction of sp³-hybridized carbons (Fsp3) is 0.875. The lowest BCUT2D eigenvalue weighted by molar-refractivity contribution is -0.135. The average molecular weight is 393 g/mol. The molecule has 1 amide bonds. The average Bonchev–Trinajstić information content (AvgIpc) is 2.91. The molecule has 0 aliphatic carbocycles. The van der Waals surface area contributed by atoms with E-state index < -0.39 is 0 Å². The number of nitrogens with zero attached hydrogens (tertiary/aromatic N) is 1. The van der Waals surface area contributed by atoms with Crippen LogP contribution in [0.15, 0.2) is 0 Å². The van der Waals surface area contributed by atoms with Gasteiger partial charge in [0.2, 0.25) is 5.91 Å². The highest BCUT2D eigenvalue weighted by atomic mass is 16.2. The predicted molar refractivity (Wildman–Crippen MR) is 118 cm³/mol. The van der Waals surface area contributed by atoms with Crippen molar-refractivity contribution in [1.29, 1.82) is 5.41 Å². The highest BCUT2D eigenvalue weighted by Crippen LogP contribution is 2.42. The van der Waals surface area contributed by atoms with E-state index in [9.17, 15) is 9.59 Å². The van der Waals surface area contributed by atoms with E-state index in [0.717, 1.165) is 89.9 Å². The summed E-state index contributed by atoms with van der Waals surface area (Å²) < 4.78 is 0. The van der Waals surface area contributed by atoms with Gasteiger partial charge in [-0.3, -0.25) is 15.0 Å². The first-order valence-corrected chi connectivity index (χ1v) is 11.9. The van der Waals surface area contributed by atoms with Crippen molar-refractivity contribution in [3.63, 3.8) is 0 Å². The van der Waals surface area contributed by atoms with Gasteiger partial charge in [0, 0.05) is 25.8 Å². The first-order valence-electron chi connectivity index (χ1n) is 11.9. The maximum Gasteiger partial charge on any atom is 0.234 e. The van der Waals surface area contributed by atoms with Crippen LogP contribution in [0.4, 0.5) is 0 Å². The summed E-state index contributed by atoms with van der Waals surface area (Å²) in [5.41, 5.74) is -0.298. The number of carbonyl (C=O) groups is 2. The standard InChI is InChI=1S/C24H44N2O2/c1-4-7-12-15-21(27)16-13-10-11-14-19-26-22(25)20-24(23(26)28,17-8-5-2)18-9-6-3/h25H,4-20H2,1-3H3. The smallest absolute Gasteiger partial charge is 0.234 e. The Hall–Kier alpha value is -1.19. The molecule has 4 nitrogen and oxygen atoms in total. The van der Waals surface area contributed by atoms with Crippen LogP contribution in [0.3, 0.4) is 0 Å². The minimum atomic E-state index is -0.298. The Balaban J connectivity index is 2.34. The second-order valence-corrected chi connectivity index (χ2v) is 8.73. The van der Waals surface area contributed by atoms with Gasteiger partial charge in [0.05, 0.1) is 5.41 Å². The van der Waals surface area contributed by atoms with Crippen LogP contribution < -0.4 is 0 Å². The van der Waals surface area contributed by atoms with E-state index in [-0.39, 0.29) is 11.3 Å². The van der Waals surface area contributed by atoms with Crippen LogP contribution in [0.25, 0.3) is 0 Å². The molecule has 1 saturated heterocycles. The van der Waals surface area contributed by atoms with Crippen LogP contribution in [-0.2, 0) is 9.59 Å². The minimum absolute atomic E-state index is 0.213. The minimum Gasteiger partial charge on any atom is -0.300 e. The summed E-state index contributed by atoms with van der Waals surface area (Å²) in [5.74, 6) is 1.15. The molecule has 28 heavy (non-hydrogen) atoms. The molecule has 0 aromatic carbocycles. The van der Waals surface area contributed by atoms with Crippen molar-refractivity contribution in [3.8, 4) is 0 Å². The van der Waals surface area contributed by atoms with Gasteiger partial charge in [-0.2, -0.15) is 0 Å². The van der Waals surface area contributed by atoms with Gasteiger partial charge in [0.15, 0.2) is 0 Å². The number of hydrogen-bond acceptors (Lipinski definition) is 3. The topological polar surface area (TPSA) is 61.2 Å². The largest absolute Gasteiger partial charge is 0.300 e. The lowest BCUT2D eigenvalue weighted by Crippen LogP contribution is -2.36. The van der Waals surface area contributed by atoms with Crippen molar-refractivity contribution >= 4 is 17.5 Å². The third-order valence-electron chi connectivity index (χ3n) is 6.19. The van der Waals surface area contributed by atoms with Crippen molar-refractivity contribution in [2.24, 2.45) is 5.41 Å². The molecule has 1 heterocycles. The lowest BCUT2D eigenvalue weighted by atomic mass is 9.77. The molecule has 0 atom stereocenters. The zero-order valence-corrected chi connectivity index (χ0v) is 18.8. The quantitative estimate of drug-likeness (QED) is 0.281. The first-order chi connectivity index (χ1) is 13.5. The molecule has 0 spiro atoms. The molecular formula is C24H44N2O2. The third-order valence-corrected chi connectivity index (χ3v) is 6.19. The molecule has 0 aromatic rings. The molecule has 1 N–H and O–H groups in total. The van der Waals surface area contributed by atoms with Gasteiger partial charge < -0.3 is 4.90 Å². The van der Waals surface area contributed by atoms with E-state index in [1.807, 2.05) is 0 Å². The Bertz CT molecular complexity index is 479. The molecule has 0 saturated carbocycles. The van der Waals surface area contributed by atoms with Gasteiger partial charge in [0.25, 0.3) is 0 Å². The number of amidine groups is 1. The maximum absolute atomic E-state index is 13.1. The Labute approximate surface area is 173 Å². The van der Waals surface area contributed by atoms with Crippen LogP contribution >= 0.6 is 0 Å². The molecular weight excluding hydrogens is 348 g/mol. The number of likely N-dealkylation sites (tertiary alicyclic amines) is 1. The van der Waals surface area contributed by atoms with Crippen molar-refractivity contribution in [1.82, 2.24) is 4.90 Å². The number of rotatable bonds is 17. The number of nitrogens with one attached hydrogen (secondary N) is 1. The number of Topliss-reactive ketones (excluding diaryl/α,β-unsaturated/α-hetero) is 1. The zero-order valence-electron chi connectivity index (χ0n) is 18.8. The van der Waals surface area contributed by atoms with Crippen molar-refractivity contribution < 1.29 is 9.59 Å². The van der Waals surface area contributed by atoms with Crippen LogP contribution in [0, 0.1) is 10.8 Å². The SMILES string of the molecule is CCCCCC(=O)CCCCCCN1C(=N)CC(CCCC)(CCCC)C1=O. The van der Waals surface area contributed by atoms with Crippen molar-refractivity contribution in [3.05, 3.63) is 0 Å². The van der Waals surface area contributed by atoms with Crippen molar-refractivity contribution in [2.45, 2.75) is 124 Å². The fourth-order valence-corrected chi connectivity index (χ4v) is 4.33. The molecule has 0 radical (unpaired) electrons. The highest BCUT2D eigenvalue weighted by Gasteiger charge is 2.48. The predicted octanol–water partition coefficient (Wildman–Crippen LogP) is 6.66. The van der Waals surface area contributed by atoms with Gasteiger partial charge in [0.1, 0.15) is 11.6 Å². The summed E-state index contributed by atoms with van der Waals surface area (Å²) in [7, 11) is 0. The normalized spacial score (nSPS) is 16.2. The summed E-state index contributed by atoms with van der Waals surface area (Å²) in [4.78, 5) is 26.7. The van der Waals surface area contributed by atoms with Crippen LogP contribution in [0.1, 0.15) is 124 Å². The Morgan fingerprint density at radius 3 is 1.96 bits per heavy atom. The fourth-order valence-electron chi connectivity index (χ4n) is 4.33. The van der Waals surface area contributed by atoms with Gasteiger partial charge in [-0.05, 0) is 32.1 Å². The second-order valence-electron chi connectivity index (χ2n) is 8.73. The van der Waals surface area contributed by atoms with Gasteiger partial charge in [-0.25, -0.2) is 0 Å². The molecule has 1 aliphatic rings. The van der Waals surface area contributed by atoms with Crippen molar-refractivity contribution in [2.75, 3.05) is 6.54 Å². The monoisotopic (exact) mass is 392 g/mol. The first kappa shape index (κ1) is 24.8. The van der Waals surface area contributed by atoms with E-state index >= 15 is 0 Å². The van der Waals surface area contributed by atoms with E-state index in [2.05, 4.69) is 20.8 Å². The summed E-state index contributed by atoms with van der Waals surface area (Å²) in [6.07, 6.45) is 15.6. The van der Waals surface area contributed by atoms with Gasteiger partial charge >= 0.3 is 0 Å². The van der Waals surface area contributed by atoms with Crippen LogP contribution in [0.2, 0.25) is 0 Å². The summed E-state index contributed by atoms with van der Waals surface area (Å²) in [5, 5.41) is 8.38. The maximum atomic E-state index is 13.1. The number of unbranched alkanes of at least 4 members (excludes halogenated alkanes) is 7. The van der Waals surface area contributed by atoms with Crippen LogP contribution in [-0.4, -0.2) is 29.0 Å². The molecule has 0 aromatic heterocycles. The third kappa shape index (κ3) is 8.05. The molecule has 1 fully saturated rings. The molecule has 4 heteroatoms. The molecule has 0 unspecified atom stereocenters. The number of carbonyl (C=O) groups excluding carboxylic acids is 2. The van der Waals surface area contributed by atoms with E-state index in [4.69, 9.17) is 5.41 Å². The van der Waals surface area contributed by atoms with E-state index in [0.29, 0.717) is 31.0 Å². The van der Waals surface area contributed by atoms with E-state index in [1.54, 1.807) is 4.90 Å². The summed E-state index contributed by atoms with van der Waals surface area (Å²) >= 11 is 0. The lowest BCUT2D eigenvalue weighted by Gasteiger charge is -2.27. The Kier molecular flexibility index (Phi) is 12.3. The number of ketones is 1. The Morgan fingerprint density at radius 1 is 0.857 bits per heavy atom. The molecule has 0 bridgehead atoms. The van der Waals surface area contributed by atoms with Gasteiger partial charge in [-0.1, -0.05) is 72.1 Å². The molecule has 1 aliphatic heterocycles.